The number of hydrogen-bond acceptors (Lipinski definition) is 4. The van der Waals surface area contributed by atoms with Crippen LogP contribution in [0.15, 0.2) is 0 Å². The quantitative estimate of drug-likeness (QED) is 0.816. The Bertz CT molecular complexity index is 427. The van der Waals surface area contributed by atoms with Crippen LogP contribution in [0.5, 0.6) is 0 Å². The van der Waals surface area contributed by atoms with Crippen LogP contribution < -0.4 is 5.32 Å². The van der Waals surface area contributed by atoms with Crippen molar-refractivity contribution < 1.29 is 13.5 Å². The monoisotopic (exact) mass is 317 g/mol. The van der Waals surface area contributed by atoms with Crippen molar-refractivity contribution in [1.29, 1.82) is 0 Å². The first-order valence-corrected chi connectivity index (χ1v) is 10.4. The minimum absolute atomic E-state index is 0.200. The van der Waals surface area contributed by atoms with Crippen LogP contribution in [0.1, 0.15) is 64.7 Å². The lowest BCUT2D eigenvalue weighted by atomic mass is 9.77. The van der Waals surface area contributed by atoms with Gasteiger partial charge in [-0.3, -0.25) is 0 Å². The molecule has 5 heteroatoms. The van der Waals surface area contributed by atoms with E-state index in [1.165, 1.54) is 12.7 Å². The molecule has 2 fully saturated rings. The van der Waals surface area contributed by atoms with Crippen LogP contribution in [0.2, 0.25) is 0 Å². The zero-order chi connectivity index (χ0) is 15.5. The molecule has 0 aromatic rings. The molecule has 0 radical (unpaired) electrons. The first kappa shape index (κ1) is 17.2. The molecule has 0 aliphatic heterocycles. The van der Waals surface area contributed by atoms with Gasteiger partial charge in [0.2, 0.25) is 0 Å². The Labute approximate surface area is 129 Å². The van der Waals surface area contributed by atoms with E-state index in [4.69, 9.17) is 0 Å². The van der Waals surface area contributed by atoms with E-state index in [1.54, 1.807) is 0 Å². The number of hydrogen-bond donors (Lipinski definition) is 2. The van der Waals surface area contributed by atoms with Gasteiger partial charge in [-0.1, -0.05) is 19.8 Å². The van der Waals surface area contributed by atoms with Crippen molar-refractivity contribution in [2.45, 2.75) is 81.6 Å². The SMILES string of the molecule is CCC1CCC(O)(CNC2CCCC(S(C)(=O)=O)C2)CC1. The van der Waals surface area contributed by atoms with Gasteiger partial charge in [0.05, 0.1) is 10.9 Å². The second-order valence-electron chi connectivity index (χ2n) is 7.27. The van der Waals surface area contributed by atoms with Crippen molar-refractivity contribution in [3.05, 3.63) is 0 Å². The number of aliphatic hydroxyl groups is 1. The van der Waals surface area contributed by atoms with Crippen LogP contribution in [0, 0.1) is 5.92 Å². The molecular weight excluding hydrogens is 286 g/mol. The lowest BCUT2D eigenvalue weighted by Gasteiger charge is -2.38. The maximum atomic E-state index is 11.7. The van der Waals surface area contributed by atoms with E-state index in [9.17, 15) is 13.5 Å². The summed E-state index contributed by atoms with van der Waals surface area (Å²) in [6.45, 7) is 2.84. The number of sulfone groups is 1. The van der Waals surface area contributed by atoms with Crippen molar-refractivity contribution in [3.63, 3.8) is 0 Å². The van der Waals surface area contributed by atoms with Crippen LogP contribution in [0.25, 0.3) is 0 Å². The van der Waals surface area contributed by atoms with E-state index in [-0.39, 0.29) is 11.3 Å². The Balaban J connectivity index is 1.80. The first-order valence-electron chi connectivity index (χ1n) is 8.47. The van der Waals surface area contributed by atoms with Crippen molar-refractivity contribution in [1.82, 2.24) is 5.32 Å². The molecule has 4 nitrogen and oxygen atoms in total. The van der Waals surface area contributed by atoms with Crippen molar-refractivity contribution in [2.75, 3.05) is 12.8 Å². The normalized spacial score (nSPS) is 38.3. The Morgan fingerprint density at radius 1 is 1.19 bits per heavy atom. The zero-order valence-corrected chi connectivity index (χ0v) is 14.3. The molecule has 0 bridgehead atoms. The molecule has 2 rings (SSSR count). The Morgan fingerprint density at radius 2 is 1.86 bits per heavy atom. The fraction of sp³-hybridized carbons (Fsp3) is 1.00. The fourth-order valence-corrected chi connectivity index (χ4v) is 5.03. The predicted octanol–water partition coefficient (Wildman–Crippen LogP) is 2.26. The van der Waals surface area contributed by atoms with Crippen molar-refractivity contribution >= 4 is 9.84 Å². The molecule has 0 aromatic carbocycles. The molecule has 0 amide bonds. The Hall–Kier alpha value is -0.130. The summed E-state index contributed by atoms with van der Waals surface area (Å²) < 4.78 is 23.4. The maximum Gasteiger partial charge on any atom is 0.150 e. The van der Waals surface area contributed by atoms with Crippen LogP contribution >= 0.6 is 0 Å². The molecular formula is C16H31NO3S. The molecule has 2 aliphatic carbocycles. The largest absolute Gasteiger partial charge is 0.389 e. The maximum absolute atomic E-state index is 11.7. The van der Waals surface area contributed by atoms with Gasteiger partial charge in [-0.2, -0.15) is 0 Å². The third-order valence-electron chi connectivity index (χ3n) is 5.56. The molecule has 0 saturated heterocycles. The summed E-state index contributed by atoms with van der Waals surface area (Å²) in [5.74, 6) is 0.773. The molecule has 2 atom stereocenters. The van der Waals surface area contributed by atoms with Gasteiger partial charge in [-0.05, 0) is 50.9 Å². The second kappa shape index (κ2) is 6.97. The van der Waals surface area contributed by atoms with E-state index in [0.29, 0.717) is 13.0 Å². The molecule has 2 N–H and O–H groups in total. The van der Waals surface area contributed by atoms with Gasteiger partial charge in [0.1, 0.15) is 9.84 Å². The molecule has 21 heavy (non-hydrogen) atoms. The summed E-state index contributed by atoms with van der Waals surface area (Å²) in [4.78, 5) is 0. The summed E-state index contributed by atoms with van der Waals surface area (Å²) in [5, 5.41) is 13.9. The highest BCUT2D eigenvalue weighted by molar-refractivity contribution is 7.91. The van der Waals surface area contributed by atoms with Gasteiger partial charge in [0, 0.05) is 18.8 Å². The highest BCUT2D eigenvalue weighted by Gasteiger charge is 2.34. The van der Waals surface area contributed by atoms with Gasteiger partial charge in [-0.15, -0.1) is 0 Å². The van der Waals surface area contributed by atoms with E-state index in [0.717, 1.165) is 50.9 Å². The lowest BCUT2D eigenvalue weighted by molar-refractivity contribution is -0.0114. The van der Waals surface area contributed by atoms with Gasteiger partial charge in [0.25, 0.3) is 0 Å². The minimum Gasteiger partial charge on any atom is -0.389 e. The second-order valence-corrected chi connectivity index (χ2v) is 9.60. The van der Waals surface area contributed by atoms with E-state index in [1.807, 2.05) is 0 Å². The molecule has 2 aliphatic rings. The highest BCUT2D eigenvalue weighted by Crippen LogP contribution is 2.33. The topological polar surface area (TPSA) is 66.4 Å². The molecule has 0 aromatic heterocycles. The summed E-state index contributed by atoms with van der Waals surface area (Å²) in [6.07, 6.45) is 10.0. The van der Waals surface area contributed by atoms with Crippen LogP contribution in [-0.2, 0) is 9.84 Å². The Kier molecular flexibility index (Phi) is 5.71. The molecule has 0 spiro atoms. The van der Waals surface area contributed by atoms with E-state index >= 15 is 0 Å². The number of nitrogens with one attached hydrogen (secondary N) is 1. The standard InChI is InChI=1S/C16H31NO3S/c1-3-13-7-9-16(18,10-8-13)12-17-14-5-4-6-15(11-14)21(2,19)20/h13-15,17-18H,3-12H2,1-2H3. The van der Waals surface area contributed by atoms with Crippen LogP contribution in [-0.4, -0.2) is 43.2 Å². The summed E-state index contributed by atoms with van der Waals surface area (Å²) in [6, 6.07) is 0.242. The van der Waals surface area contributed by atoms with Crippen LogP contribution in [0.4, 0.5) is 0 Å². The van der Waals surface area contributed by atoms with Gasteiger partial charge < -0.3 is 10.4 Å². The highest BCUT2D eigenvalue weighted by atomic mass is 32.2. The third-order valence-corrected chi connectivity index (χ3v) is 7.20. The lowest BCUT2D eigenvalue weighted by Crippen LogP contribution is -2.48. The fourth-order valence-electron chi connectivity index (χ4n) is 3.85. The number of rotatable bonds is 5. The van der Waals surface area contributed by atoms with Gasteiger partial charge in [-0.25, -0.2) is 8.42 Å². The molecule has 0 heterocycles. The molecule has 2 saturated carbocycles. The molecule has 2 unspecified atom stereocenters. The van der Waals surface area contributed by atoms with Gasteiger partial charge in [0.15, 0.2) is 0 Å². The summed E-state index contributed by atoms with van der Waals surface area (Å²) in [5.41, 5.74) is -0.580. The average molecular weight is 317 g/mol. The van der Waals surface area contributed by atoms with Gasteiger partial charge >= 0.3 is 0 Å². The predicted molar refractivity (Wildman–Crippen MR) is 86.1 cm³/mol. The third kappa shape index (κ3) is 4.93. The summed E-state index contributed by atoms with van der Waals surface area (Å²) in [7, 11) is -2.93. The molecule has 124 valence electrons. The minimum atomic E-state index is -2.93. The summed E-state index contributed by atoms with van der Waals surface area (Å²) >= 11 is 0. The van der Waals surface area contributed by atoms with Crippen molar-refractivity contribution in [2.24, 2.45) is 5.92 Å². The zero-order valence-electron chi connectivity index (χ0n) is 13.5. The van der Waals surface area contributed by atoms with Crippen molar-refractivity contribution in [3.8, 4) is 0 Å². The van der Waals surface area contributed by atoms with E-state index < -0.39 is 15.4 Å². The first-order chi connectivity index (χ1) is 9.82. The van der Waals surface area contributed by atoms with Crippen LogP contribution in [0.3, 0.4) is 0 Å². The Morgan fingerprint density at radius 3 is 2.43 bits per heavy atom. The average Bonchev–Trinajstić information content (AvgIpc) is 2.46. The van der Waals surface area contributed by atoms with E-state index in [2.05, 4.69) is 12.2 Å². The smallest absolute Gasteiger partial charge is 0.150 e.